The van der Waals surface area contributed by atoms with Gasteiger partial charge in [0.05, 0.1) is 12.6 Å². The van der Waals surface area contributed by atoms with Gasteiger partial charge < -0.3 is 15.4 Å². The van der Waals surface area contributed by atoms with E-state index in [4.69, 9.17) is 4.74 Å². The van der Waals surface area contributed by atoms with Crippen LogP contribution in [0, 0.1) is 11.2 Å². The Hall–Kier alpha value is -0.890. The van der Waals surface area contributed by atoms with Crippen molar-refractivity contribution < 1.29 is 9.13 Å². The van der Waals surface area contributed by atoms with Crippen molar-refractivity contribution in [2.24, 2.45) is 10.4 Å². The molecule has 1 rings (SSSR count). The second kappa shape index (κ2) is 10.8. The standard InChI is InChI=1S/C17H28FN3O.HI/c1-6-19-16(21-12-15(22-5)17(2,3)4)20-11-13-9-7-8-10-14(13)18;/h7-10,15H,6,11-12H2,1-5H3,(H2,19,20,21);1H. The molecule has 1 aromatic carbocycles. The van der Waals surface area contributed by atoms with Crippen molar-refractivity contribution in [2.45, 2.75) is 40.3 Å². The van der Waals surface area contributed by atoms with Crippen LogP contribution in [-0.2, 0) is 11.3 Å². The van der Waals surface area contributed by atoms with E-state index in [1.807, 2.05) is 13.0 Å². The van der Waals surface area contributed by atoms with Crippen molar-refractivity contribution >= 4 is 29.9 Å². The second-order valence-electron chi connectivity index (χ2n) is 6.26. The van der Waals surface area contributed by atoms with Crippen LogP contribution >= 0.6 is 24.0 Å². The first-order chi connectivity index (χ1) is 10.4. The number of ether oxygens (including phenoxy) is 1. The largest absolute Gasteiger partial charge is 0.379 e. The van der Waals surface area contributed by atoms with E-state index in [1.165, 1.54) is 6.07 Å². The molecule has 0 radical (unpaired) electrons. The highest BCUT2D eigenvalue weighted by Gasteiger charge is 2.24. The van der Waals surface area contributed by atoms with Crippen LogP contribution in [0.25, 0.3) is 0 Å². The minimum atomic E-state index is -0.230. The molecule has 0 aliphatic heterocycles. The van der Waals surface area contributed by atoms with Crippen LogP contribution in [0.3, 0.4) is 0 Å². The third kappa shape index (κ3) is 7.97. The van der Waals surface area contributed by atoms with Crippen molar-refractivity contribution in [3.8, 4) is 0 Å². The fourth-order valence-electron chi connectivity index (χ4n) is 2.07. The first-order valence-corrected chi connectivity index (χ1v) is 7.66. The van der Waals surface area contributed by atoms with Gasteiger partial charge in [0.2, 0.25) is 0 Å². The molecule has 6 heteroatoms. The number of halogens is 2. The molecule has 132 valence electrons. The van der Waals surface area contributed by atoms with E-state index < -0.39 is 0 Å². The SMILES string of the molecule is CCNC(=NCc1ccccc1F)NCC(OC)C(C)(C)C.I. The Morgan fingerprint density at radius 1 is 1.26 bits per heavy atom. The zero-order valence-electron chi connectivity index (χ0n) is 14.6. The van der Waals surface area contributed by atoms with E-state index in [1.54, 1.807) is 19.2 Å². The van der Waals surface area contributed by atoms with E-state index >= 15 is 0 Å². The molecular weight excluding hydrogens is 408 g/mol. The Bertz CT molecular complexity index is 489. The Balaban J connectivity index is 0.00000484. The van der Waals surface area contributed by atoms with Crippen LogP contribution in [0.5, 0.6) is 0 Å². The van der Waals surface area contributed by atoms with Gasteiger partial charge in [-0.1, -0.05) is 39.0 Å². The molecule has 0 saturated carbocycles. The monoisotopic (exact) mass is 437 g/mol. The summed E-state index contributed by atoms with van der Waals surface area (Å²) in [5.41, 5.74) is 0.615. The number of methoxy groups -OCH3 is 1. The molecule has 0 aliphatic rings. The predicted octanol–water partition coefficient (Wildman–Crippen LogP) is 3.56. The summed E-state index contributed by atoms with van der Waals surface area (Å²) in [4.78, 5) is 4.43. The van der Waals surface area contributed by atoms with Crippen LogP contribution in [-0.4, -0.2) is 32.3 Å². The van der Waals surface area contributed by atoms with Crippen LogP contribution in [0.4, 0.5) is 4.39 Å². The molecule has 0 aromatic heterocycles. The summed E-state index contributed by atoms with van der Waals surface area (Å²) in [5, 5.41) is 6.42. The summed E-state index contributed by atoms with van der Waals surface area (Å²) >= 11 is 0. The maximum Gasteiger partial charge on any atom is 0.191 e. The minimum Gasteiger partial charge on any atom is -0.379 e. The van der Waals surface area contributed by atoms with Gasteiger partial charge in [-0.2, -0.15) is 0 Å². The van der Waals surface area contributed by atoms with Gasteiger partial charge in [-0.25, -0.2) is 9.38 Å². The van der Waals surface area contributed by atoms with Gasteiger partial charge >= 0.3 is 0 Å². The van der Waals surface area contributed by atoms with Gasteiger partial charge in [-0.15, -0.1) is 24.0 Å². The Labute approximate surface area is 156 Å². The molecule has 23 heavy (non-hydrogen) atoms. The molecule has 0 bridgehead atoms. The third-order valence-corrected chi connectivity index (χ3v) is 3.41. The topological polar surface area (TPSA) is 45.7 Å². The fourth-order valence-corrected chi connectivity index (χ4v) is 2.07. The highest BCUT2D eigenvalue weighted by Crippen LogP contribution is 2.20. The van der Waals surface area contributed by atoms with E-state index in [9.17, 15) is 4.39 Å². The van der Waals surface area contributed by atoms with Gasteiger partial charge in [0, 0.05) is 25.8 Å². The number of nitrogens with one attached hydrogen (secondary N) is 2. The number of hydrogen-bond acceptors (Lipinski definition) is 2. The van der Waals surface area contributed by atoms with E-state index in [-0.39, 0.29) is 41.3 Å². The molecule has 0 aliphatic carbocycles. The lowest BCUT2D eigenvalue weighted by Gasteiger charge is -2.30. The Kier molecular flexibility index (Phi) is 10.4. The lowest BCUT2D eigenvalue weighted by molar-refractivity contribution is 0.0205. The molecule has 1 unspecified atom stereocenters. The molecule has 0 heterocycles. The highest BCUT2D eigenvalue weighted by molar-refractivity contribution is 14.0. The van der Waals surface area contributed by atoms with Gasteiger partial charge in [0.1, 0.15) is 5.82 Å². The zero-order valence-corrected chi connectivity index (χ0v) is 17.0. The average Bonchev–Trinajstić information content (AvgIpc) is 2.45. The number of guanidine groups is 1. The van der Waals surface area contributed by atoms with Crippen molar-refractivity contribution in [1.29, 1.82) is 0 Å². The normalized spacial score (nSPS) is 13.2. The van der Waals surface area contributed by atoms with E-state index in [2.05, 4.69) is 36.4 Å². The number of hydrogen-bond donors (Lipinski definition) is 2. The van der Waals surface area contributed by atoms with E-state index in [0.29, 0.717) is 24.6 Å². The number of nitrogens with zero attached hydrogens (tertiary/aromatic N) is 1. The average molecular weight is 437 g/mol. The first kappa shape index (κ1) is 22.1. The fraction of sp³-hybridized carbons (Fsp3) is 0.588. The molecule has 4 nitrogen and oxygen atoms in total. The van der Waals surface area contributed by atoms with Crippen LogP contribution < -0.4 is 10.6 Å². The van der Waals surface area contributed by atoms with Gasteiger partial charge in [0.25, 0.3) is 0 Å². The zero-order chi connectivity index (χ0) is 16.6. The Morgan fingerprint density at radius 3 is 2.43 bits per heavy atom. The maximum atomic E-state index is 13.6. The molecule has 0 spiro atoms. The summed E-state index contributed by atoms with van der Waals surface area (Å²) < 4.78 is 19.1. The van der Waals surface area contributed by atoms with Crippen molar-refractivity contribution in [2.75, 3.05) is 20.2 Å². The predicted molar refractivity (Wildman–Crippen MR) is 105 cm³/mol. The maximum absolute atomic E-state index is 13.6. The molecular formula is C17H29FIN3O. The van der Waals surface area contributed by atoms with Gasteiger partial charge in [-0.05, 0) is 18.4 Å². The summed E-state index contributed by atoms with van der Waals surface area (Å²) in [6.45, 7) is 10.1. The summed E-state index contributed by atoms with van der Waals surface area (Å²) in [5.74, 6) is 0.434. The number of rotatable bonds is 6. The number of aliphatic imine (C=N–C) groups is 1. The Morgan fingerprint density at radius 2 is 1.91 bits per heavy atom. The molecule has 0 amide bonds. The molecule has 1 aromatic rings. The van der Waals surface area contributed by atoms with E-state index in [0.717, 1.165) is 6.54 Å². The smallest absolute Gasteiger partial charge is 0.191 e. The minimum absolute atomic E-state index is 0. The number of benzene rings is 1. The lowest BCUT2D eigenvalue weighted by atomic mass is 9.89. The molecule has 0 saturated heterocycles. The second-order valence-corrected chi connectivity index (χ2v) is 6.26. The quantitative estimate of drug-likeness (QED) is 0.407. The van der Waals surface area contributed by atoms with Crippen molar-refractivity contribution in [3.05, 3.63) is 35.6 Å². The molecule has 0 fully saturated rings. The molecule has 1 atom stereocenters. The van der Waals surface area contributed by atoms with Crippen molar-refractivity contribution in [3.63, 3.8) is 0 Å². The first-order valence-electron chi connectivity index (χ1n) is 7.66. The summed E-state index contributed by atoms with van der Waals surface area (Å²) in [6, 6.07) is 6.69. The lowest BCUT2D eigenvalue weighted by Crippen LogP contribution is -2.45. The van der Waals surface area contributed by atoms with Crippen LogP contribution in [0.15, 0.2) is 29.3 Å². The van der Waals surface area contributed by atoms with Crippen LogP contribution in [0.2, 0.25) is 0 Å². The highest BCUT2D eigenvalue weighted by atomic mass is 127. The van der Waals surface area contributed by atoms with Gasteiger partial charge in [-0.3, -0.25) is 0 Å². The van der Waals surface area contributed by atoms with Gasteiger partial charge in [0.15, 0.2) is 5.96 Å². The third-order valence-electron chi connectivity index (χ3n) is 3.41. The summed E-state index contributed by atoms with van der Waals surface area (Å²) in [7, 11) is 1.71. The molecule has 2 N–H and O–H groups in total. The van der Waals surface area contributed by atoms with Crippen molar-refractivity contribution in [1.82, 2.24) is 10.6 Å². The summed E-state index contributed by atoms with van der Waals surface area (Å²) in [6.07, 6.45) is 0.0600. The van der Waals surface area contributed by atoms with Crippen LogP contribution in [0.1, 0.15) is 33.3 Å².